The molecule has 0 aliphatic carbocycles. The van der Waals surface area contributed by atoms with Gasteiger partial charge in [-0.05, 0) is 26.7 Å². The lowest BCUT2D eigenvalue weighted by Gasteiger charge is -2.24. The van der Waals surface area contributed by atoms with E-state index >= 15 is 0 Å². The van der Waals surface area contributed by atoms with E-state index in [-0.39, 0.29) is 6.10 Å². The lowest BCUT2D eigenvalue weighted by molar-refractivity contribution is -0.119. The van der Waals surface area contributed by atoms with Crippen LogP contribution in [0.1, 0.15) is 39.5 Å². The van der Waals surface area contributed by atoms with Crippen LogP contribution in [0.4, 0.5) is 0 Å². The minimum absolute atomic E-state index is 0.0791. The van der Waals surface area contributed by atoms with Gasteiger partial charge in [-0.25, -0.2) is 0 Å². The molecule has 1 aliphatic rings. The SMILES string of the molecule is [CH2]C1COC(C)(C(=C=C)CCCCC)O1. The van der Waals surface area contributed by atoms with E-state index in [1.54, 1.807) is 0 Å². The summed E-state index contributed by atoms with van der Waals surface area (Å²) in [4.78, 5) is 0. The van der Waals surface area contributed by atoms with Gasteiger partial charge in [0, 0.05) is 5.57 Å². The molecule has 15 heavy (non-hydrogen) atoms. The highest BCUT2D eigenvalue weighted by Gasteiger charge is 2.38. The van der Waals surface area contributed by atoms with Crippen molar-refractivity contribution in [2.45, 2.75) is 51.4 Å². The highest BCUT2D eigenvalue weighted by molar-refractivity contribution is 5.12. The second kappa shape index (κ2) is 5.50. The molecule has 0 aromatic rings. The molecule has 0 saturated carbocycles. The number of rotatable bonds is 5. The summed E-state index contributed by atoms with van der Waals surface area (Å²) in [5, 5.41) is 0. The standard InChI is InChI=1S/C13H21O2/c1-5-7-8-9-12(6-2)13(4)14-10-11(3)15-13/h11H,2-3,5,7-10H2,1,4H3. The summed E-state index contributed by atoms with van der Waals surface area (Å²) < 4.78 is 11.3. The number of hydrogen-bond acceptors (Lipinski definition) is 2. The average Bonchev–Trinajstić information content (AvgIpc) is 2.54. The monoisotopic (exact) mass is 209 g/mol. The lowest BCUT2D eigenvalue weighted by atomic mass is 10.0. The topological polar surface area (TPSA) is 18.5 Å². The third-order valence-electron chi connectivity index (χ3n) is 2.73. The highest BCUT2D eigenvalue weighted by atomic mass is 16.7. The minimum atomic E-state index is -0.637. The second-order valence-electron chi connectivity index (χ2n) is 4.11. The molecule has 0 N–H and O–H groups in total. The fraction of sp³-hybridized carbons (Fsp3) is 0.692. The van der Waals surface area contributed by atoms with Crippen LogP contribution in [-0.2, 0) is 9.47 Å². The Morgan fingerprint density at radius 2 is 2.27 bits per heavy atom. The molecule has 0 bridgehead atoms. The predicted octanol–water partition coefficient (Wildman–Crippen LogP) is 3.24. The zero-order valence-corrected chi connectivity index (χ0v) is 9.84. The Morgan fingerprint density at radius 1 is 1.53 bits per heavy atom. The molecule has 1 rings (SSSR count). The van der Waals surface area contributed by atoms with E-state index in [1.807, 2.05) is 6.92 Å². The van der Waals surface area contributed by atoms with E-state index in [4.69, 9.17) is 9.47 Å². The average molecular weight is 209 g/mol. The van der Waals surface area contributed by atoms with Gasteiger partial charge in [0.2, 0.25) is 0 Å². The Balaban J connectivity index is 2.55. The molecule has 0 spiro atoms. The van der Waals surface area contributed by atoms with E-state index in [2.05, 4.69) is 26.2 Å². The van der Waals surface area contributed by atoms with Gasteiger partial charge in [-0.2, -0.15) is 0 Å². The fourth-order valence-electron chi connectivity index (χ4n) is 1.82. The molecule has 1 aliphatic heterocycles. The van der Waals surface area contributed by atoms with Crippen molar-refractivity contribution in [3.8, 4) is 0 Å². The fourth-order valence-corrected chi connectivity index (χ4v) is 1.82. The van der Waals surface area contributed by atoms with Crippen LogP contribution in [0.3, 0.4) is 0 Å². The van der Waals surface area contributed by atoms with Gasteiger partial charge in [-0.1, -0.05) is 26.3 Å². The van der Waals surface area contributed by atoms with Crippen LogP contribution in [0.2, 0.25) is 0 Å². The molecule has 0 aromatic carbocycles. The van der Waals surface area contributed by atoms with Gasteiger partial charge in [0.25, 0.3) is 0 Å². The van der Waals surface area contributed by atoms with Crippen LogP contribution in [0.15, 0.2) is 17.9 Å². The van der Waals surface area contributed by atoms with Crippen LogP contribution >= 0.6 is 0 Å². The van der Waals surface area contributed by atoms with Crippen LogP contribution in [0.5, 0.6) is 0 Å². The number of hydrogen-bond donors (Lipinski definition) is 0. The van der Waals surface area contributed by atoms with Crippen molar-refractivity contribution < 1.29 is 9.47 Å². The van der Waals surface area contributed by atoms with Gasteiger partial charge in [-0.3, -0.25) is 0 Å². The molecule has 1 heterocycles. The van der Waals surface area contributed by atoms with Gasteiger partial charge in [0.15, 0.2) is 5.79 Å². The van der Waals surface area contributed by atoms with Crippen LogP contribution in [-0.4, -0.2) is 18.5 Å². The zero-order chi connectivity index (χ0) is 11.3. The first-order chi connectivity index (χ1) is 7.12. The van der Waals surface area contributed by atoms with Gasteiger partial charge in [0.05, 0.1) is 12.7 Å². The zero-order valence-electron chi connectivity index (χ0n) is 9.84. The van der Waals surface area contributed by atoms with E-state index in [0.29, 0.717) is 6.61 Å². The Hall–Kier alpha value is -0.560. The van der Waals surface area contributed by atoms with Crippen molar-refractivity contribution in [2.24, 2.45) is 0 Å². The van der Waals surface area contributed by atoms with Crippen molar-refractivity contribution >= 4 is 0 Å². The summed E-state index contributed by atoms with van der Waals surface area (Å²) in [6.07, 6.45) is 4.43. The third kappa shape index (κ3) is 3.20. The summed E-state index contributed by atoms with van der Waals surface area (Å²) in [7, 11) is 0. The predicted molar refractivity (Wildman–Crippen MR) is 61.4 cm³/mol. The molecule has 0 amide bonds. The Labute approximate surface area is 93.0 Å². The molecule has 0 aromatic heterocycles. The van der Waals surface area contributed by atoms with Gasteiger partial charge in [-0.15, -0.1) is 5.73 Å². The Morgan fingerprint density at radius 3 is 2.73 bits per heavy atom. The largest absolute Gasteiger partial charge is 0.343 e. The van der Waals surface area contributed by atoms with Gasteiger partial charge < -0.3 is 9.47 Å². The summed E-state index contributed by atoms with van der Waals surface area (Å²) in [6.45, 7) is 12.2. The molecule has 1 radical (unpaired) electrons. The second-order valence-corrected chi connectivity index (χ2v) is 4.11. The van der Waals surface area contributed by atoms with Crippen molar-refractivity contribution in [2.75, 3.05) is 6.61 Å². The smallest absolute Gasteiger partial charge is 0.195 e. The third-order valence-corrected chi connectivity index (χ3v) is 2.73. The van der Waals surface area contributed by atoms with Crippen LogP contribution in [0, 0.1) is 6.92 Å². The molecule has 2 nitrogen and oxygen atoms in total. The van der Waals surface area contributed by atoms with Crippen molar-refractivity contribution in [1.82, 2.24) is 0 Å². The molecule has 85 valence electrons. The summed E-state index contributed by atoms with van der Waals surface area (Å²) >= 11 is 0. The molecule has 2 heteroatoms. The number of ether oxygens (including phenoxy) is 2. The maximum Gasteiger partial charge on any atom is 0.195 e. The molecule has 1 fully saturated rings. The summed E-state index contributed by atoms with van der Waals surface area (Å²) in [6, 6.07) is 0. The Kier molecular flexibility index (Phi) is 4.59. The normalized spacial score (nSPS) is 30.2. The van der Waals surface area contributed by atoms with Gasteiger partial charge >= 0.3 is 0 Å². The maximum absolute atomic E-state index is 5.66. The van der Waals surface area contributed by atoms with Crippen LogP contribution < -0.4 is 0 Å². The molecule has 2 atom stereocenters. The van der Waals surface area contributed by atoms with Crippen molar-refractivity contribution in [1.29, 1.82) is 0 Å². The lowest BCUT2D eigenvalue weighted by Crippen LogP contribution is -2.28. The summed E-state index contributed by atoms with van der Waals surface area (Å²) in [5.74, 6) is -0.637. The first kappa shape index (κ1) is 12.5. The van der Waals surface area contributed by atoms with Crippen LogP contribution in [0.25, 0.3) is 0 Å². The first-order valence-corrected chi connectivity index (χ1v) is 5.66. The molecule has 2 unspecified atom stereocenters. The maximum atomic E-state index is 5.66. The first-order valence-electron chi connectivity index (χ1n) is 5.66. The Bertz CT molecular complexity index is 253. The molecular formula is C13H21O2. The summed E-state index contributed by atoms with van der Waals surface area (Å²) in [5.41, 5.74) is 3.97. The quantitative estimate of drug-likeness (QED) is 0.511. The minimum Gasteiger partial charge on any atom is -0.343 e. The highest BCUT2D eigenvalue weighted by Crippen LogP contribution is 2.32. The van der Waals surface area contributed by atoms with Crippen molar-refractivity contribution in [3.63, 3.8) is 0 Å². The van der Waals surface area contributed by atoms with E-state index < -0.39 is 5.79 Å². The van der Waals surface area contributed by atoms with Gasteiger partial charge in [0.1, 0.15) is 0 Å². The number of unbranched alkanes of at least 4 members (excludes halogenated alkanes) is 2. The van der Waals surface area contributed by atoms with E-state index in [0.717, 1.165) is 18.4 Å². The van der Waals surface area contributed by atoms with E-state index in [9.17, 15) is 0 Å². The van der Waals surface area contributed by atoms with E-state index in [1.165, 1.54) is 12.8 Å². The van der Waals surface area contributed by atoms with Crippen molar-refractivity contribution in [3.05, 3.63) is 24.8 Å². The molecular weight excluding hydrogens is 188 g/mol. The molecule has 1 saturated heterocycles.